The predicted octanol–water partition coefficient (Wildman–Crippen LogP) is 7.45. The molecular formula is C31H26F8N6OS. The van der Waals surface area contributed by atoms with Crippen LogP contribution >= 0.6 is 11.3 Å². The van der Waals surface area contributed by atoms with Crippen LogP contribution in [0.25, 0.3) is 32.1 Å². The fraction of sp³-hybridized carbons (Fsp3) is 0.452. The number of thiophene rings is 1. The number of halogens is 8. The molecule has 0 saturated carbocycles. The van der Waals surface area contributed by atoms with Crippen LogP contribution < -0.4 is 15.4 Å². The molecule has 248 valence electrons. The van der Waals surface area contributed by atoms with E-state index in [0.29, 0.717) is 30.4 Å². The van der Waals surface area contributed by atoms with Gasteiger partial charge in [-0.15, -0.1) is 11.3 Å². The highest BCUT2D eigenvalue weighted by Crippen LogP contribution is 2.48. The third kappa shape index (κ3) is 5.27. The van der Waals surface area contributed by atoms with Gasteiger partial charge >= 0.3 is 12.2 Å². The summed E-state index contributed by atoms with van der Waals surface area (Å²) in [5, 5.41) is 8.89. The smallest absolute Gasteiger partial charge is 0.417 e. The molecule has 0 bridgehead atoms. The van der Waals surface area contributed by atoms with Crippen LogP contribution in [0.5, 0.6) is 6.01 Å². The average molecular weight is 683 g/mol. The van der Waals surface area contributed by atoms with Gasteiger partial charge in [0.15, 0.2) is 5.82 Å². The fourth-order valence-corrected chi connectivity index (χ4v) is 8.13. The normalized spacial score (nSPS) is 23.0. The molecule has 2 aromatic heterocycles. The molecule has 4 aromatic rings. The van der Waals surface area contributed by atoms with E-state index in [1.165, 1.54) is 4.90 Å². The predicted molar refractivity (Wildman–Crippen MR) is 159 cm³/mol. The first-order chi connectivity index (χ1) is 22.2. The van der Waals surface area contributed by atoms with Crippen molar-refractivity contribution in [2.75, 3.05) is 43.4 Å². The number of nitriles is 1. The number of alkyl halides is 6. The maximum atomic E-state index is 16.8. The maximum Gasteiger partial charge on any atom is 0.417 e. The molecule has 0 spiro atoms. The van der Waals surface area contributed by atoms with Crippen molar-refractivity contribution >= 4 is 43.1 Å². The second kappa shape index (κ2) is 11.0. The number of benzene rings is 2. The summed E-state index contributed by atoms with van der Waals surface area (Å²) in [5.41, 5.74) is 1.43. The van der Waals surface area contributed by atoms with E-state index in [0.717, 1.165) is 18.6 Å². The minimum Gasteiger partial charge on any atom is -0.461 e. The van der Waals surface area contributed by atoms with Crippen molar-refractivity contribution in [3.05, 3.63) is 41.0 Å². The van der Waals surface area contributed by atoms with E-state index < -0.39 is 81.9 Å². The summed E-state index contributed by atoms with van der Waals surface area (Å²) < 4.78 is 124. The van der Waals surface area contributed by atoms with E-state index >= 15 is 4.39 Å². The van der Waals surface area contributed by atoms with E-state index in [2.05, 4.69) is 9.97 Å². The number of fused-ring (bicyclic) bond motifs is 3. The second-order valence-electron chi connectivity index (χ2n) is 12.3. The summed E-state index contributed by atoms with van der Waals surface area (Å²) in [7, 11) is 0. The molecule has 5 heterocycles. The van der Waals surface area contributed by atoms with Crippen molar-refractivity contribution in [2.24, 2.45) is 0 Å². The second-order valence-corrected chi connectivity index (χ2v) is 13.3. The number of hydrogen-bond donors (Lipinski definition) is 1. The van der Waals surface area contributed by atoms with Gasteiger partial charge in [0, 0.05) is 55.2 Å². The Balaban J connectivity index is 1.45. The van der Waals surface area contributed by atoms with E-state index in [1.54, 1.807) is 6.07 Å². The average Bonchev–Trinajstić information content (AvgIpc) is 3.65. The molecule has 3 aliphatic rings. The van der Waals surface area contributed by atoms with E-state index in [1.807, 2.05) is 4.90 Å². The Morgan fingerprint density at radius 1 is 1.11 bits per heavy atom. The largest absolute Gasteiger partial charge is 0.461 e. The Morgan fingerprint density at radius 2 is 1.85 bits per heavy atom. The lowest BCUT2D eigenvalue weighted by Crippen LogP contribution is -2.43. The molecule has 16 heteroatoms. The topological polar surface area (TPSA) is 91.3 Å². The first-order valence-corrected chi connectivity index (χ1v) is 15.7. The summed E-state index contributed by atoms with van der Waals surface area (Å²) in [6.07, 6.45) is -5.87. The molecule has 2 aromatic carbocycles. The number of rotatable bonds is 5. The Bertz CT molecular complexity index is 1950. The Kier molecular flexibility index (Phi) is 7.43. The van der Waals surface area contributed by atoms with Crippen LogP contribution in [0.1, 0.15) is 43.2 Å². The first-order valence-electron chi connectivity index (χ1n) is 14.9. The number of nitrogens with two attached hydrogens (primary N) is 1. The number of piperidine rings is 1. The summed E-state index contributed by atoms with van der Waals surface area (Å²) in [5.74, 6) is -5.55. The van der Waals surface area contributed by atoms with Crippen LogP contribution in [0.4, 0.5) is 45.9 Å². The molecule has 47 heavy (non-hydrogen) atoms. The Morgan fingerprint density at radius 3 is 2.55 bits per heavy atom. The van der Waals surface area contributed by atoms with Crippen LogP contribution in [0.15, 0.2) is 18.2 Å². The lowest BCUT2D eigenvalue weighted by molar-refractivity contribution is -0.137. The molecule has 3 saturated heterocycles. The highest BCUT2D eigenvalue weighted by molar-refractivity contribution is 7.23. The van der Waals surface area contributed by atoms with Gasteiger partial charge in [-0.3, -0.25) is 4.90 Å². The van der Waals surface area contributed by atoms with Gasteiger partial charge in [0.25, 0.3) is 5.92 Å². The zero-order chi connectivity index (χ0) is 33.5. The van der Waals surface area contributed by atoms with Crippen molar-refractivity contribution in [1.29, 1.82) is 5.26 Å². The fourth-order valence-electron chi connectivity index (χ4n) is 7.19. The zero-order valence-electron chi connectivity index (χ0n) is 24.5. The van der Waals surface area contributed by atoms with Crippen LogP contribution in [0, 0.1) is 23.0 Å². The van der Waals surface area contributed by atoms with E-state index in [-0.39, 0.29) is 59.1 Å². The molecule has 0 aliphatic carbocycles. The number of hydrogen-bond acceptors (Lipinski definition) is 8. The number of ether oxygens (including phenoxy) is 1. The van der Waals surface area contributed by atoms with Crippen molar-refractivity contribution < 1.29 is 39.9 Å². The van der Waals surface area contributed by atoms with Crippen molar-refractivity contribution in [1.82, 2.24) is 14.9 Å². The number of nitrogen functional groups attached to an aromatic ring is 1. The molecule has 3 fully saturated rings. The van der Waals surface area contributed by atoms with Crippen LogP contribution in [0.3, 0.4) is 0 Å². The summed E-state index contributed by atoms with van der Waals surface area (Å²) in [4.78, 5) is 11.8. The summed E-state index contributed by atoms with van der Waals surface area (Å²) in [6.45, 7) is 0.213. The van der Waals surface area contributed by atoms with Gasteiger partial charge < -0.3 is 15.4 Å². The third-order valence-electron chi connectivity index (χ3n) is 9.42. The van der Waals surface area contributed by atoms with Crippen LogP contribution in [-0.4, -0.2) is 65.3 Å². The molecule has 2 unspecified atom stereocenters. The van der Waals surface area contributed by atoms with Gasteiger partial charge in [-0.05, 0) is 37.1 Å². The quantitative estimate of drug-likeness (QED) is 0.219. The van der Waals surface area contributed by atoms with Crippen LogP contribution in [0.2, 0.25) is 0 Å². The molecule has 3 aliphatic heterocycles. The molecule has 7 rings (SSSR count). The molecular weight excluding hydrogens is 656 g/mol. The molecule has 7 nitrogen and oxygen atoms in total. The van der Waals surface area contributed by atoms with Gasteiger partial charge in [0.2, 0.25) is 0 Å². The Labute approximate surface area is 266 Å². The van der Waals surface area contributed by atoms with Crippen LogP contribution in [-0.2, 0) is 6.18 Å². The first kappa shape index (κ1) is 31.6. The highest BCUT2D eigenvalue weighted by Gasteiger charge is 2.49. The van der Waals surface area contributed by atoms with E-state index in [9.17, 15) is 36.0 Å². The minimum absolute atomic E-state index is 0.0795. The molecule has 0 radical (unpaired) electrons. The number of anilines is 2. The lowest BCUT2D eigenvalue weighted by atomic mass is 9.92. The standard InChI is InChI=1S/C31H26F8N6OS/c32-15-11-29(4-1-7-45(29)13-15)14-46-28-42-24-17(27(43-28)44-8-5-30(35,36)6-9-44)10-19(31(37,38)39)22(23(24)34)16-2-3-20(33)25-21(16)18(12-40)26(41)47-25/h2-3,10,15H,1,4-9,11,13-14,41H2. The van der Waals surface area contributed by atoms with Crippen molar-refractivity contribution in [3.8, 4) is 23.2 Å². The van der Waals surface area contributed by atoms with Gasteiger partial charge in [-0.25, -0.2) is 22.0 Å². The SMILES string of the molecule is N#Cc1c(N)sc2c(F)ccc(-c3c(C(F)(F)F)cc4c(N5CCC(F)(F)CC5)nc(OCC56CCCN5CC(F)C6)nc4c3F)c12. The Hall–Kier alpha value is -3.97. The van der Waals surface area contributed by atoms with Gasteiger partial charge in [0.05, 0.1) is 21.4 Å². The zero-order valence-corrected chi connectivity index (χ0v) is 25.4. The highest BCUT2D eigenvalue weighted by atomic mass is 32.1. The van der Waals surface area contributed by atoms with Crippen molar-refractivity contribution in [3.63, 3.8) is 0 Å². The van der Waals surface area contributed by atoms with Gasteiger partial charge in [0.1, 0.15) is 41.0 Å². The molecule has 2 atom stereocenters. The maximum absolute atomic E-state index is 16.8. The molecule has 0 amide bonds. The van der Waals surface area contributed by atoms with Gasteiger partial charge in [-0.1, -0.05) is 6.07 Å². The number of nitrogens with zero attached hydrogens (tertiary/aromatic N) is 5. The minimum atomic E-state index is -5.17. The summed E-state index contributed by atoms with van der Waals surface area (Å²) >= 11 is 0.643. The third-order valence-corrected chi connectivity index (χ3v) is 10.4. The van der Waals surface area contributed by atoms with Gasteiger partial charge in [-0.2, -0.15) is 28.4 Å². The monoisotopic (exact) mass is 682 g/mol. The molecule has 2 N–H and O–H groups in total. The van der Waals surface area contributed by atoms with E-state index in [4.69, 9.17) is 10.5 Å². The van der Waals surface area contributed by atoms with Crippen molar-refractivity contribution in [2.45, 2.75) is 55.9 Å². The lowest BCUT2D eigenvalue weighted by Gasteiger charge is -2.34. The summed E-state index contributed by atoms with van der Waals surface area (Å²) in [6, 6.07) is 3.80. The number of aromatic nitrogens is 2.